The van der Waals surface area contributed by atoms with Crippen molar-refractivity contribution in [3.8, 4) is 0 Å². The quantitative estimate of drug-likeness (QED) is 0.421. The van der Waals surface area contributed by atoms with Gasteiger partial charge in [0.25, 0.3) is 10.0 Å². The first kappa shape index (κ1) is 19.3. The second-order valence-electron chi connectivity index (χ2n) is 3.85. The fourth-order valence-corrected chi connectivity index (χ4v) is 3.06. The number of hydrogen-bond acceptors (Lipinski definition) is 4. The number of sulfonamides is 1. The van der Waals surface area contributed by atoms with Crippen LogP contribution in [-0.2, 0) is 10.0 Å². The molecule has 1 aromatic carbocycles. The summed E-state index contributed by atoms with van der Waals surface area (Å²) in [5.74, 6) is -1.67. The maximum atomic E-state index is 12.9. The Labute approximate surface area is 158 Å². The van der Waals surface area contributed by atoms with E-state index in [1.54, 1.807) is 17.5 Å². The van der Waals surface area contributed by atoms with Gasteiger partial charge in [-0.25, -0.2) is 4.39 Å². The van der Waals surface area contributed by atoms with Gasteiger partial charge in [0, 0.05) is 16.3 Å². The van der Waals surface area contributed by atoms with Gasteiger partial charge < -0.3 is 5.11 Å². The monoisotopic (exact) mass is 367 g/mol. The average molecular weight is 368 g/mol. The Morgan fingerprint density at radius 3 is 2.68 bits per heavy atom. The van der Waals surface area contributed by atoms with E-state index in [2.05, 4.69) is 4.40 Å². The molecule has 0 unspecified atom stereocenters. The van der Waals surface area contributed by atoms with Gasteiger partial charge in [-0.2, -0.15) is 12.8 Å². The summed E-state index contributed by atoms with van der Waals surface area (Å²) in [5, 5.41) is 14.2. The van der Waals surface area contributed by atoms with Gasteiger partial charge in [-0.1, -0.05) is 17.7 Å². The summed E-state index contributed by atoms with van der Waals surface area (Å²) in [6.07, 6.45) is 1.34. The van der Waals surface area contributed by atoms with Crippen LogP contribution in [0.4, 0.5) is 4.39 Å². The van der Waals surface area contributed by atoms with Crippen LogP contribution in [0.15, 0.2) is 45.5 Å². The molecule has 0 saturated heterocycles. The Morgan fingerprint density at radius 1 is 1.36 bits per heavy atom. The molecule has 110 valence electrons. The molecule has 4 nitrogen and oxygen atoms in total. The van der Waals surface area contributed by atoms with Crippen LogP contribution in [0.2, 0.25) is 5.02 Å². The third-order valence-electron chi connectivity index (χ3n) is 2.32. The first-order chi connectivity index (χ1) is 9.87. The zero-order valence-electron chi connectivity index (χ0n) is 11.4. The van der Waals surface area contributed by atoms with Crippen molar-refractivity contribution in [3.63, 3.8) is 0 Å². The summed E-state index contributed by atoms with van der Waals surface area (Å²) in [6.45, 7) is 0. The molecule has 1 heterocycles. The Kier molecular flexibility index (Phi) is 7.24. The molecule has 0 amide bonds. The van der Waals surface area contributed by atoms with Crippen molar-refractivity contribution in [1.29, 1.82) is 0 Å². The molecule has 0 radical (unpaired) electrons. The Bertz CT molecular complexity index is 805. The average Bonchev–Trinajstić information content (AvgIpc) is 2.88. The summed E-state index contributed by atoms with van der Waals surface area (Å²) in [6, 6.07) is 6.48. The number of hydrogen-bond donors (Lipinski definition) is 0. The molecule has 2 rings (SSSR count). The molecular weight excluding hydrogens is 360 g/mol. The molecule has 0 aliphatic carbocycles. The van der Waals surface area contributed by atoms with Crippen LogP contribution < -0.4 is 34.7 Å². The van der Waals surface area contributed by atoms with E-state index in [1.807, 2.05) is 0 Å². The van der Waals surface area contributed by atoms with Crippen molar-refractivity contribution in [1.82, 2.24) is 0 Å². The fourth-order valence-electron chi connectivity index (χ4n) is 1.40. The standard InChI is InChI=1S/C13H9ClFNO3S2.Na/c14-12-8-9(15)3-4-11(12)13(17)16-21(18,19)7-5-10-2-1-6-20-10;/h1-8H,(H,16,17);/q;+1/p-1/b7-5+;. The number of nitrogens with zero attached hydrogens (tertiary/aromatic N) is 1. The van der Waals surface area contributed by atoms with E-state index in [-0.39, 0.29) is 40.1 Å². The molecular formula is C13H8ClFNNaO3S2. The predicted molar refractivity (Wildman–Crippen MR) is 80.2 cm³/mol. The summed E-state index contributed by atoms with van der Waals surface area (Å²) in [5.41, 5.74) is -0.175. The fraction of sp³-hybridized carbons (Fsp3) is 0. The van der Waals surface area contributed by atoms with Crippen molar-refractivity contribution < 1.29 is 47.5 Å². The van der Waals surface area contributed by atoms with Crippen molar-refractivity contribution in [2.24, 2.45) is 4.40 Å². The smallest absolute Gasteiger partial charge is 0.858 e. The van der Waals surface area contributed by atoms with Crippen LogP contribution >= 0.6 is 22.9 Å². The third kappa shape index (κ3) is 5.49. The summed E-state index contributed by atoms with van der Waals surface area (Å²) < 4.78 is 39.4. The molecule has 9 heteroatoms. The normalized spacial score (nSPS) is 12.4. The van der Waals surface area contributed by atoms with Crippen molar-refractivity contribution >= 4 is 44.9 Å². The topological polar surface area (TPSA) is 69.6 Å². The first-order valence-corrected chi connectivity index (χ1v) is 8.32. The zero-order chi connectivity index (χ0) is 15.5. The molecule has 0 N–H and O–H groups in total. The van der Waals surface area contributed by atoms with Gasteiger partial charge >= 0.3 is 29.6 Å². The van der Waals surface area contributed by atoms with Crippen LogP contribution in [0.5, 0.6) is 0 Å². The van der Waals surface area contributed by atoms with E-state index in [4.69, 9.17) is 11.6 Å². The van der Waals surface area contributed by atoms with E-state index in [1.165, 1.54) is 17.4 Å². The van der Waals surface area contributed by atoms with Gasteiger partial charge in [-0.3, -0.25) is 0 Å². The molecule has 22 heavy (non-hydrogen) atoms. The van der Waals surface area contributed by atoms with Gasteiger partial charge in [0.15, 0.2) is 0 Å². The molecule has 0 spiro atoms. The molecule has 0 atom stereocenters. The van der Waals surface area contributed by atoms with Crippen molar-refractivity contribution in [2.45, 2.75) is 0 Å². The Morgan fingerprint density at radius 2 is 2.09 bits per heavy atom. The van der Waals surface area contributed by atoms with Gasteiger partial charge in [-0.05, 0) is 35.7 Å². The van der Waals surface area contributed by atoms with Gasteiger partial charge in [-0.15, -0.1) is 11.3 Å². The maximum absolute atomic E-state index is 12.9. The van der Waals surface area contributed by atoms with Gasteiger partial charge in [0.05, 0.1) is 10.4 Å². The minimum Gasteiger partial charge on any atom is -0.858 e. The van der Waals surface area contributed by atoms with Crippen molar-refractivity contribution in [3.05, 3.63) is 62.4 Å². The van der Waals surface area contributed by atoms with Crippen molar-refractivity contribution in [2.75, 3.05) is 0 Å². The molecule has 0 bridgehead atoms. The molecule has 0 aliphatic rings. The predicted octanol–water partition coefficient (Wildman–Crippen LogP) is -0.348. The number of halogens is 2. The van der Waals surface area contributed by atoms with E-state index in [9.17, 15) is 17.9 Å². The minimum absolute atomic E-state index is 0. The summed E-state index contributed by atoms with van der Waals surface area (Å²) in [4.78, 5) is 0.709. The van der Waals surface area contributed by atoms with Crippen LogP contribution in [0.1, 0.15) is 10.4 Å². The number of rotatable bonds is 4. The van der Waals surface area contributed by atoms with Gasteiger partial charge in [0.1, 0.15) is 5.82 Å². The second-order valence-corrected chi connectivity index (χ2v) is 6.72. The molecule has 1 aromatic heterocycles. The molecule has 2 aromatic rings. The number of thiophene rings is 1. The minimum atomic E-state index is -4.08. The molecule has 0 aliphatic heterocycles. The summed E-state index contributed by atoms with van der Waals surface area (Å²) in [7, 11) is -4.08. The summed E-state index contributed by atoms with van der Waals surface area (Å²) >= 11 is 7.02. The second kappa shape index (κ2) is 8.24. The largest absolute Gasteiger partial charge is 1.00 e. The van der Waals surface area contributed by atoms with Crippen LogP contribution in [0.3, 0.4) is 0 Å². The SMILES string of the molecule is O=S(=O)(/C=C/c1cccs1)/N=C(\[O-])c1ccc(F)cc1Cl.[Na+]. The van der Waals surface area contributed by atoms with E-state index in [0.717, 1.165) is 23.6 Å². The molecule has 0 saturated carbocycles. The third-order valence-corrected chi connectivity index (χ3v) is 4.37. The van der Waals surface area contributed by atoms with Gasteiger partial charge in [0.2, 0.25) is 0 Å². The number of benzene rings is 1. The Hall–Kier alpha value is -0.700. The van der Waals surface area contributed by atoms with Crippen LogP contribution in [0, 0.1) is 5.82 Å². The molecule has 0 fully saturated rings. The first-order valence-electron chi connectivity index (χ1n) is 5.56. The van der Waals surface area contributed by atoms with E-state index in [0.29, 0.717) is 4.88 Å². The zero-order valence-corrected chi connectivity index (χ0v) is 15.8. The van der Waals surface area contributed by atoms with Crippen LogP contribution in [-0.4, -0.2) is 14.3 Å². The van der Waals surface area contributed by atoms with Crippen LogP contribution in [0.25, 0.3) is 6.08 Å². The maximum Gasteiger partial charge on any atom is 1.00 e. The van der Waals surface area contributed by atoms with E-state index < -0.39 is 21.7 Å². The Balaban J connectivity index is 0.00000242. The van der Waals surface area contributed by atoms with E-state index >= 15 is 0 Å².